The second-order valence-electron chi connectivity index (χ2n) is 6.37. The van der Waals surface area contributed by atoms with Gasteiger partial charge in [-0.1, -0.05) is 28.5 Å². The van der Waals surface area contributed by atoms with Crippen molar-refractivity contribution in [1.82, 2.24) is 10.3 Å². The fraction of sp³-hybridized carbons (Fsp3) is 0.300. The van der Waals surface area contributed by atoms with Crippen LogP contribution in [0.2, 0.25) is 0 Å². The normalized spacial score (nSPS) is 11.8. The summed E-state index contributed by atoms with van der Waals surface area (Å²) in [5.74, 6) is -0.217. The fourth-order valence-electron chi connectivity index (χ4n) is 2.98. The average Bonchev–Trinajstić information content (AvgIpc) is 3.36. The lowest BCUT2D eigenvalue weighted by molar-refractivity contribution is -0.141. The summed E-state index contributed by atoms with van der Waals surface area (Å²) < 4.78 is 15.3. The Morgan fingerprint density at radius 3 is 2.54 bits per heavy atom. The Morgan fingerprint density at radius 1 is 1.14 bits per heavy atom. The smallest absolute Gasteiger partial charge is 0.306 e. The molecule has 0 N–H and O–H groups in total. The minimum absolute atomic E-state index is 0.00802. The van der Waals surface area contributed by atoms with E-state index in [0.29, 0.717) is 22.8 Å². The zero-order valence-corrected chi connectivity index (χ0v) is 15.9. The van der Waals surface area contributed by atoms with Crippen molar-refractivity contribution in [3.8, 4) is 11.5 Å². The van der Waals surface area contributed by atoms with Crippen LogP contribution >= 0.6 is 0 Å². The van der Waals surface area contributed by atoms with Gasteiger partial charge in [-0.2, -0.15) is 0 Å². The third-order valence-electron chi connectivity index (χ3n) is 4.59. The third-order valence-corrected chi connectivity index (χ3v) is 4.59. The van der Waals surface area contributed by atoms with Gasteiger partial charge in [0.05, 0.1) is 25.4 Å². The Labute approximate surface area is 162 Å². The largest absolute Gasteiger partial charge is 0.469 e. The van der Waals surface area contributed by atoms with E-state index < -0.39 is 11.9 Å². The van der Waals surface area contributed by atoms with Crippen molar-refractivity contribution in [2.24, 2.45) is 0 Å². The molecule has 146 valence electrons. The first-order valence-corrected chi connectivity index (χ1v) is 8.77. The van der Waals surface area contributed by atoms with Crippen molar-refractivity contribution >= 4 is 17.6 Å². The number of rotatable bonds is 7. The number of hydrogen-bond acceptors (Lipinski definition) is 7. The van der Waals surface area contributed by atoms with Gasteiger partial charge in [0.2, 0.25) is 17.4 Å². The topological polar surface area (TPSA) is 98.7 Å². The zero-order valence-electron chi connectivity index (χ0n) is 15.9. The highest BCUT2D eigenvalue weighted by Gasteiger charge is 2.29. The summed E-state index contributed by atoms with van der Waals surface area (Å²) in [6.45, 7) is 1.80. The quantitative estimate of drug-likeness (QED) is 0.577. The molecule has 8 nitrogen and oxygen atoms in total. The van der Waals surface area contributed by atoms with Crippen LogP contribution in [0.5, 0.6) is 0 Å². The molecule has 3 rings (SSSR count). The van der Waals surface area contributed by atoms with Crippen molar-refractivity contribution in [2.45, 2.75) is 25.7 Å². The summed E-state index contributed by atoms with van der Waals surface area (Å²) >= 11 is 0. The average molecular weight is 383 g/mol. The predicted molar refractivity (Wildman–Crippen MR) is 101 cm³/mol. The molecule has 0 spiro atoms. The lowest BCUT2D eigenvalue weighted by Crippen LogP contribution is -2.28. The van der Waals surface area contributed by atoms with Gasteiger partial charge >= 0.3 is 5.97 Å². The van der Waals surface area contributed by atoms with Gasteiger partial charge in [0, 0.05) is 36.7 Å². The van der Waals surface area contributed by atoms with Crippen molar-refractivity contribution in [1.29, 1.82) is 0 Å². The molecule has 0 saturated carbocycles. The van der Waals surface area contributed by atoms with Crippen molar-refractivity contribution < 1.29 is 23.4 Å². The van der Waals surface area contributed by atoms with Gasteiger partial charge in [-0.25, -0.2) is 0 Å². The van der Waals surface area contributed by atoms with E-state index in [1.807, 2.05) is 30.3 Å². The van der Waals surface area contributed by atoms with E-state index in [1.165, 1.54) is 13.3 Å². The molecular weight excluding hydrogens is 362 g/mol. The summed E-state index contributed by atoms with van der Waals surface area (Å²) in [7, 11) is 3.01. The second kappa shape index (κ2) is 8.51. The molecule has 0 unspecified atom stereocenters. The van der Waals surface area contributed by atoms with Crippen LogP contribution in [0.25, 0.3) is 11.5 Å². The fourth-order valence-corrected chi connectivity index (χ4v) is 2.98. The molecule has 3 aromatic rings. The molecule has 1 atom stereocenters. The van der Waals surface area contributed by atoms with Gasteiger partial charge in [-0.05, 0) is 19.1 Å². The number of esters is 1. The monoisotopic (exact) mass is 383 g/mol. The summed E-state index contributed by atoms with van der Waals surface area (Å²) in [6, 6.07) is 10.9. The van der Waals surface area contributed by atoms with Crippen LogP contribution in [0.3, 0.4) is 0 Å². The van der Waals surface area contributed by atoms with Gasteiger partial charge in [-0.15, -0.1) is 0 Å². The minimum Gasteiger partial charge on any atom is -0.469 e. The molecule has 1 amide bonds. The molecule has 0 aliphatic heterocycles. The first kappa shape index (κ1) is 19.3. The van der Waals surface area contributed by atoms with Crippen LogP contribution in [0, 0.1) is 6.92 Å². The standard InChI is InChI=1S/C20H21N3O5/c1-13-19(22-28-20(13)16-9-10-21-27-16)14(12-18(25)26-3)11-17(24)23(2)15-7-5-4-6-8-15/h4-10,14H,11-12H2,1-3H3/t14-/m0/s1. The first-order chi connectivity index (χ1) is 13.5. The number of carbonyl (C=O) groups is 2. The third kappa shape index (κ3) is 4.11. The zero-order chi connectivity index (χ0) is 20.1. The second-order valence-corrected chi connectivity index (χ2v) is 6.37. The summed E-state index contributed by atoms with van der Waals surface area (Å²) in [5, 5.41) is 7.77. The van der Waals surface area contributed by atoms with Crippen molar-refractivity contribution in [3.05, 3.63) is 53.9 Å². The Balaban J connectivity index is 1.85. The predicted octanol–water partition coefficient (Wildman–Crippen LogP) is 3.34. The van der Waals surface area contributed by atoms with Gasteiger partial charge in [-0.3, -0.25) is 9.59 Å². The van der Waals surface area contributed by atoms with E-state index >= 15 is 0 Å². The number of benzene rings is 1. The molecule has 0 radical (unpaired) electrons. The number of amides is 1. The Hall–Kier alpha value is -3.42. The molecule has 0 bridgehead atoms. The highest BCUT2D eigenvalue weighted by Crippen LogP contribution is 2.33. The molecular formula is C20H21N3O5. The van der Waals surface area contributed by atoms with E-state index in [1.54, 1.807) is 24.9 Å². The van der Waals surface area contributed by atoms with Gasteiger partial charge < -0.3 is 18.7 Å². The van der Waals surface area contributed by atoms with Crippen LogP contribution < -0.4 is 4.90 Å². The molecule has 8 heteroatoms. The molecule has 2 heterocycles. The molecule has 28 heavy (non-hydrogen) atoms. The SMILES string of the molecule is COC(=O)C[C@H](CC(=O)N(C)c1ccccc1)c1noc(-c2ccno2)c1C. The van der Waals surface area contributed by atoms with E-state index in [2.05, 4.69) is 10.3 Å². The Kier molecular flexibility index (Phi) is 5.88. The van der Waals surface area contributed by atoms with Crippen LogP contribution in [0.4, 0.5) is 5.69 Å². The van der Waals surface area contributed by atoms with E-state index in [0.717, 1.165) is 5.69 Å². The van der Waals surface area contributed by atoms with E-state index in [-0.39, 0.29) is 18.7 Å². The molecule has 0 aliphatic carbocycles. The number of para-hydroxylation sites is 1. The lowest BCUT2D eigenvalue weighted by Gasteiger charge is -2.20. The van der Waals surface area contributed by atoms with Crippen LogP contribution in [0.1, 0.15) is 30.0 Å². The van der Waals surface area contributed by atoms with E-state index in [9.17, 15) is 9.59 Å². The summed E-state index contributed by atoms with van der Waals surface area (Å²) in [6.07, 6.45) is 1.58. The number of nitrogens with zero attached hydrogens (tertiary/aromatic N) is 3. The summed E-state index contributed by atoms with van der Waals surface area (Å²) in [4.78, 5) is 26.3. The van der Waals surface area contributed by atoms with Gasteiger partial charge in [0.25, 0.3) is 0 Å². The number of aromatic nitrogens is 2. The van der Waals surface area contributed by atoms with Crippen LogP contribution in [0.15, 0.2) is 51.6 Å². The van der Waals surface area contributed by atoms with Gasteiger partial charge in [0.15, 0.2) is 0 Å². The van der Waals surface area contributed by atoms with E-state index in [4.69, 9.17) is 13.8 Å². The molecule has 2 aromatic heterocycles. The van der Waals surface area contributed by atoms with Crippen LogP contribution in [-0.4, -0.2) is 36.3 Å². The van der Waals surface area contributed by atoms with Crippen molar-refractivity contribution in [3.63, 3.8) is 0 Å². The summed E-state index contributed by atoms with van der Waals surface area (Å²) in [5.41, 5.74) is 1.98. The molecule has 1 aromatic carbocycles. The molecule has 0 aliphatic rings. The number of hydrogen-bond donors (Lipinski definition) is 0. The number of methoxy groups -OCH3 is 1. The maximum Gasteiger partial charge on any atom is 0.306 e. The first-order valence-electron chi connectivity index (χ1n) is 8.77. The number of ether oxygens (including phenoxy) is 1. The van der Waals surface area contributed by atoms with Crippen molar-refractivity contribution in [2.75, 3.05) is 19.1 Å². The highest BCUT2D eigenvalue weighted by atomic mass is 16.5. The highest BCUT2D eigenvalue weighted by molar-refractivity contribution is 5.93. The minimum atomic E-state index is -0.494. The van der Waals surface area contributed by atoms with Gasteiger partial charge in [0.1, 0.15) is 0 Å². The maximum absolute atomic E-state index is 12.8. The number of anilines is 1. The molecule has 0 fully saturated rings. The lowest BCUT2D eigenvalue weighted by atomic mass is 9.93. The maximum atomic E-state index is 12.8. The molecule has 0 saturated heterocycles. The Bertz CT molecular complexity index is 934. The Morgan fingerprint density at radius 2 is 1.89 bits per heavy atom. The van der Waals surface area contributed by atoms with Crippen LogP contribution in [-0.2, 0) is 14.3 Å². The number of carbonyl (C=O) groups excluding carboxylic acids is 2.